The number of unbranched alkanes of at least 4 members (excludes halogenated alkanes) is 2. The Bertz CT molecular complexity index is 2310. The quantitative estimate of drug-likeness (QED) is 0.0506. The predicted molar refractivity (Wildman–Crippen MR) is 245 cm³/mol. The SMILES string of the molecule is C=CCOC12Oc3ccc(OC(=O)NCc4ccccc4)cc3C3C(CCCCO)C(CCCCO)C=C(C(=NOC4CCCCO4)CC1N(C)C(=O)c1ccc4ccccc4c1)C32. The normalized spacial score (nSPS) is 25.3. The molecule has 7 unspecified atom stereocenters. The minimum absolute atomic E-state index is 0.000372. The van der Waals surface area contributed by atoms with Crippen molar-refractivity contribution < 1.29 is 43.6 Å². The van der Waals surface area contributed by atoms with E-state index in [1.165, 1.54) is 0 Å². The molecule has 0 radical (unpaired) electrons. The molecule has 1 saturated heterocycles. The van der Waals surface area contributed by atoms with Gasteiger partial charge in [0.25, 0.3) is 5.91 Å². The highest BCUT2D eigenvalue weighted by atomic mass is 16.8. The Labute approximate surface area is 375 Å². The first kappa shape index (κ1) is 45.1. The molecule has 3 N–H and O–H groups in total. The maximum absolute atomic E-state index is 14.9. The van der Waals surface area contributed by atoms with Gasteiger partial charge in [-0.05, 0) is 103 Å². The number of fused-ring (bicyclic) bond motifs is 3. The molecule has 12 nitrogen and oxygen atoms in total. The van der Waals surface area contributed by atoms with Crippen LogP contribution in [0.4, 0.5) is 4.79 Å². The van der Waals surface area contributed by atoms with Crippen molar-refractivity contribution in [1.82, 2.24) is 10.2 Å². The molecule has 0 spiro atoms. The number of rotatable bonds is 18. The molecule has 2 aliphatic carbocycles. The molecule has 4 aliphatic rings. The van der Waals surface area contributed by atoms with E-state index in [-0.39, 0.29) is 49.9 Å². The maximum Gasteiger partial charge on any atom is 0.412 e. The Morgan fingerprint density at radius 1 is 0.938 bits per heavy atom. The first-order chi connectivity index (χ1) is 31.3. The number of hydrogen-bond donors (Lipinski definition) is 3. The molecule has 338 valence electrons. The monoisotopic (exact) mass is 871 g/mol. The first-order valence-electron chi connectivity index (χ1n) is 22.9. The molecule has 12 heteroatoms. The molecule has 4 aromatic rings. The van der Waals surface area contributed by atoms with Crippen LogP contribution in [0.5, 0.6) is 11.5 Å². The molecule has 0 bridgehead atoms. The maximum atomic E-state index is 14.9. The summed E-state index contributed by atoms with van der Waals surface area (Å²) in [4.78, 5) is 36.2. The van der Waals surface area contributed by atoms with Gasteiger partial charge in [-0.2, -0.15) is 0 Å². The van der Waals surface area contributed by atoms with E-state index in [1.54, 1.807) is 24.1 Å². The summed E-state index contributed by atoms with van der Waals surface area (Å²) < 4.78 is 26.3. The summed E-state index contributed by atoms with van der Waals surface area (Å²) in [7, 11) is 1.80. The third-order valence-corrected chi connectivity index (χ3v) is 13.3. The fourth-order valence-electron chi connectivity index (χ4n) is 10.3. The van der Waals surface area contributed by atoms with Crippen molar-refractivity contribution in [2.24, 2.45) is 22.9 Å². The predicted octanol–water partition coefficient (Wildman–Crippen LogP) is 9.06. The molecule has 8 rings (SSSR count). The molecule has 2 fully saturated rings. The Kier molecular flexibility index (Phi) is 14.8. The van der Waals surface area contributed by atoms with E-state index < -0.39 is 30.1 Å². The third kappa shape index (κ3) is 9.75. The number of carbonyl (C=O) groups is 2. The van der Waals surface area contributed by atoms with Crippen molar-refractivity contribution in [1.29, 1.82) is 0 Å². The molecule has 1 saturated carbocycles. The number of aliphatic hydroxyl groups excluding tert-OH is 2. The van der Waals surface area contributed by atoms with Crippen LogP contribution in [0, 0.1) is 17.8 Å². The molecular formula is C52H61N3O9. The highest BCUT2D eigenvalue weighted by Crippen LogP contribution is 2.62. The number of oxime groups is 1. The summed E-state index contributed by atoms with van der Waals surface area (Å²) in [5.41, 5.74) is 3.92. The third-order valence-electron chi connectivity index (χ3n) is 13.3. The van der Waals surface area contributed by atoms with Gasteiger partial charge in [0.05, 0.1) is 24.8 Å². The van der Waals surface area contributed by atoms with Crippen LogP contribution in [0.3, 0.4) is 0 Å². The molecular weight excluding hydrogens is 811 g/mol. The van der Waals surface area contributed by atoms with Gasteiger partial charge < -0.3 is 44.2 Å². The second-order valence-corrected chi connectivity index (χ2v) is 17.4. The van der Waals surface area contributed by atoms with Crippen molar-refractivity contribution >= 4 is 28.5 Å². The van der Waals surface area contributed by atoms with E-state index in [2.05, 4.69) is 18.0 Å². The van der Waals surface area contributed by atoms with Crippen LogP contribution < -0.4 is 14.8 Å². The minimum Gasteiger partial charge on any atom is -0.459 e. The van der Waals surface area contributed by atoms with Crippen LogP contribution in [0.25, 0.3) is 10.8 Å². The zero-order valence-electron chi connectivity index (χ0n) is 36.7. The topological polar surface area (TPSA) is 148 Å². The number of nitrogens with zero attached hydrogens (tertiary/aromatic N) is 2. The number of carbonyl (C=O) groups excluding carboxylic acids is 2. The van der Waals surface area contributed by atoms with Crippen LogP contribution in [0.1, 0.15) is 91.6 Å². The summed E-state index contributed by atoms with van der Waals surface area (Å²) in [5, 5.41) is 29.7. The smallest absolute Gasteiger partial charge is 0.412 e. The van der Waals surface area contributed by atoms with E-state index in [0.29, 0.717) is 55.2 Å². The van der Waals surface area contributed by atoms with Gasteiger partial charge in [-0.1, -0.05) is 90.8 Å². The number of amides is 2. The van der Waals surface area contributed by atoms with Gasteiger partial charge in [0, 0.05) is 56.7 Å². The van der Waals surface area contributed by atoms with Crippen molar-refractivity contribution in [2.75, 3.05) is 33.5 Å². The zero-order chi connectivity index (χ0) is 44.5. The lowest BCUT2D eigenvalue weighted by atomic mass is 9.55. The number of nitrogens with one attached hydrogen (secondary N) is 1. The van der Waals surface area contributed by atoms with Crippen molar-refractivity contribution in [3.63, 3.8) is 0 Å². The van der Waals surface area contributed by atoms with E-state index in [1.807, 2.05) is 84.9 Å². The summed E-state index contributed by atoms with van der Waals surface area (Å²) in [5.74, 6) is -1.48. The van der Waals surface area contributed by atoms with Crippen LogP contribution in [-0.4, -0.2) is 84.4 Å². The molecule has 2 heterocycles. The molecule has 4 aromatic carbocycles. The van der Waals surface area contributed by atoms with Gasteiger partial charge in [0.2, 0.25) is 12.1 Å². The molecule has 64 heavy (non-hydrogen) atoms. The van der Waals surface area contributed by atoms with Crippen LogP contribution in [-0.2, 0) is 20.9 Å². The number of allylic oxidation sites excluding steroid dienone is 1. The van der Waals surface area contributed by atoms with E-state index in [9.17, 15) is 19.8 Å². The Morgan fingerprint density at radius 2 is 1.72 bits per heavy atom. The molecule has 7 atom stereocenters. The highest BCUT2D eigenvalue weighted by molar-refractivity contribution is 6.04. The van der Waals surface area contributed by atoms with Gasteiger partial charge in [-0.15, -0.1) is 6.58 Å². The highest BCUT2D eigenvalue weighted by Gasteiger charge is 2.65. The number of benzene rings is 4. The summed E-state index contributed by atoms with van der Waals surface area (Å²) in [6.07, 6.45) is 10.3. The second-order valence-electron chi connectivity index (χ2n) is 17.4. The van der Waals surface area contributed by atoms with Crippen molar-refractivity contribution in [2.45, 2.75) is 94.8 Å². The molecule has 2 amide bonds. The van der Waals surface area contributed by atoms with Crippen LogP contribution >= 0.6 is 0 Å². The van der Waals surface area contributed by atoms with Gasteiger partial charge in [0.15, 0.2) is 0 Å². The van der Waals surface area contributed by atoms with Gasteiger partial charge in [-0.3, -0.25) is 4.79 Å². The standard InChI is InChI=1S/C52H61N3O9/c1-3-28-61-52-46(55(2)50(58)39-23-22-36-17-7-8-18-37(36)30-39)33-44(54-64-47-21-11-14-29-60-47)42-31-38(19-9-12-26-56)41(20-10-13-27-57)48(49(42)52)43-32-40(24-25-45(43)63-52)62-51(59)53-34-35-15-5-4-6-16-35/h3-8,15-18,22-25,30-32,38,41,46-49,56-57H,1,9-14,19-21,26-29,33-34H2,2H3,(H,53,59). The zero-order valence-corrected chi connectivity index (χ0v) is 36.7. The average molecular weight is 872 g/mol. The van der Waals surface area contributed by atoms with E-state index >= 15 is 0 Å². The number of ether oxygens (including phenoxy) is 4. The Hall–Kier alpha value is -5.53. The van der Waals surface area contributed by atoms with Crippen LogP contribution in [0.15, 0.2) is 120 Å². The average Bonchev–Trinajstić information content (AvgIpc) is 3.33. The summed E-state index contributed by atoms with van der Waals surface area (Å²) in [6, 6.07) is 28.1. The van der Waals surface area contributed by atoms with Crippen molar-refractivity contribution in [3.05, 3.63) is 132 Å². The Balaban J connectivity index is 1.26. The van der Waals surface area contributed by atoms with E-state index in [4.69, 9.17) is 28.9 Å². The lowest BCUT2D eigenvalue weighted by molar-refractivity contribution is -0.252. The fraction of sp³-hybridized carbons (Fsp3) is 0.442. The molecule has 0 aromatic heterocycles. The Morgan fingerprint density at radius 3 is 2.48 bits per heavy atom. The lowest BCUT2D eigenvalue weighted by Gasteiger charge is -2.59. The first-order valence-corrected chi connectivity index (χ1v) is 22.9. The lowest BCUT2D eigenvalue weighted by Crippen LogP contribution is -2.69. The molecule has 2 aliphatic heterocycles. The van der Waals surface area contributed by atoms with Crippen LogP contribution in [0.2, 0.25) is 0 Å². The minimum atomic E-state index is -1.43. The second kappa shape index (κ2) is 21.0. The largest absolute Gasteiger partial charge is 0.459 e. The number of aliphatic hydroxyl groups is 2. The summed E-state index contributed by atoms with van der Waals surface area (Å²) >= 11 is 0. The number of likely N-dealkylation sites (N-methyl/N-ethyl adjacent to an activating group) is 1. The summed E-state index contributed by atoms with van der Waals surface area (Å²) in [6.45, 7) is 5.23. The van der Waals surface area contributed by atoms with Crippen molar-refractivity contribution in [3.8, 4) is 11.5 Å². The van der Waals surface area contributed by atoms with Gasteiger partial charge in [-0.25, -0.2) is 4.79 Å². The van der Waals surface area contributed by atoms with Gasteiger partial charge >= 0.3 is 6.09 Å². The van der Waals surface area contributed by atoms with Gasteiger partial charge in [0.1, 0.15) is 17.5 Å². The van der Waals surface area contributed by atoms with E-state index in [0.717, 1.165) is 66.0 Å². The fourth-order valence-corrected chi connectivity index (χ4v) is 10.3. The number of hydrogen-bond acceptors (Lipinski definition) is 10.